The summed E-state index contributed by atoms with van der Waals surface area (Å²) in [5.74, 6) is -1.32. The van der Waals surface area contributed by atoms with Crippen molar-refractivity contribution in [2.45, 2.75) is 26.2 Å². The molecule has 0 aliphatic rings. The lowest BCUT2D eigenvalue weighted by Crippen LogP contribution is -2.30. The molecule has 32 heavy (non-hydrogen) atoms. The summed E-state index contributed by atoms with van der Waals surface area (Å²) in [5, 5.41) is 5.40. The normalized spacial score (nSPS) is 11.7. The zero-order valence-corrected chi connectivity index (χ0v) is 19.7. The molecule has 2 amide bonds. The Morgan fingerprint density at radius 2 is 1.47 bits per heavy atom. The number of hydrogen-bond donors (Lipinski definition) is 2. The van der Waals surface area contributed by atoms with Crippen molar-refractivity contribution in [2.24, 2.45) is 0 Å². The van der Waals surface area contributed by atoms with E-state index in [1.807, 2.05) is 36.4 Å². The number of hydrogen-bond acceptors (Lipinski definition) is 2. The first-order chi connectivity index (χ1) is 15.1. The van der Waals surface area contributed by atoms with Crippen LogP contribution in [-0.2, 0) is 10.2 Å². The van der Waals surface area contributed by atoms with Gasteiger partial charge in [-0.05, 0) is 71.1 Å². The molecule has 0 aliphatic heterocycles. The lowest BCUT2D eigenvalue weighted by molar-refractivity contribution is -0.113. The molecule has 0 spiro atoms. The van der Waals surface area contributed by atoms with Crippen LogP contribution in [0.1, 0.15) is 42.3 Å². The summed E-state index contributed by atoms with van der Waals surface area (Å²) >= 11 is 3.38. The van der Waals surface area contributed by atoms with Gasteiger partial charge >= 0.3 is 0 Å². The first-order valence-corrected chi connectivity index (χ1v) is 10.9. The monoisotopic (exact) mass is 494 g/mol. The van der Waals surface area contributed by atoms with Crippen LogP contribution in [0.2, 0.25) is 0 Å². The second kappa shape index (κ2) is 9.92. The van der Waals surface area contributed by atoms with Gasteiger partial charge in [-0.15, -0.1) is 0 Å². The maximum Gasteiger partial charge on any atom is 0.272 e. The molecule has 4 nitrogen and oxygen atoms in total. The van der Waals surface area contributed by atoms with Crippen molar-refractivity contribution in [2.75, 3.05) is 5.32 Å². The summed E-state index contributed by atoms with van der Waals surface area (Å²) in [4.78, 5) is 25.8. The van der Waals surface area contributed by atoms with Gasteiger partial charge in [-0.3, -0.25) is 9.59 Å². The van der Waals surface area contributed by atoms with E-state index in [4.69, 9.17) is 0 Å². The highest BCUT2D eigenvalue weighted by molar-refractivity contribution is 9.10. The number of halogens is 2. The fraction of sp³-hybridized carbons (Fsp3) is 0.154. The molecule has 0 saturated heterocycles. The highest BCUT2D eigenvalue weighted by atomic mass is 79.9. The summed E-state index contributed by atoms with van der Waals surface area (Å²) in [6, 6.07) is 20.0. The largest absolute Gasteiger partial charge is 0.321 e. The maximum absolute atomic E-state index is 13.2. The van der Waals surface area contributed by atoms with Crippen molar-refractivity contribution in [3.63, 3.8) is 0 Å². The van der Waals surface area contributed by atoms with E-state index in [9.17, 15) is 14.0 Å². The molecule has 0 aliphatic carbocycles. The summed E-state index contributed by atoms with van der Waals surface area (Å²) in [6.07, 6.45) is 1.59. The van der Waals surface area contributed by atoms with Crippen LogP contribution in [0.25, 0.3) is 6.08 Å². The van der Waals surface area contributed by atoms with E-state index in [1.54, 1.807) is 18.2 Å². The van der Waals surface area contributed by atoms with E-state index in [1.165, 1.54) is 24.3 Å². The lowest BCUT2D eigenvalue weighted by atomic mass is 9.87. The fourth-order valence-electron chi connectivity index (χ4n) is 2.93. The van der Waals surface area contributed by atoms with Crippen LogP contribution in [0, 0.1) is 5.82 Å². The molecule has 0 unspecified atom stereocenters. The van der Waals surface area contributed by atoms with Crippen molar-refractivity contribution in [1.82, 2.24) is 5.32 Å². The molecule has 3 aromatic rings. The van der Waals surface area contributed by atoms with Gasteiger partial charge in [0, 0.05) is 15.7 Å². The van der Waals surface area contributed by atoms with Gasteiger partial charge < -0.3 is 10.6 Å². The SMILES string of the molecule is CC(C)(C)c1ccc(C(=O)N/C(=C\c2ccc(Br)cc2)C(=O)Nc2ccc(F)cc2)cc1. The molecule has 0 heterocycles. The van der Waals surface area contributed by atoms with E-state index >= 15 is 0 Å². The number of benzene rings is 3. The molecule has 0 bridgehead atoms. The van der Waals surface area contributed by atoms with E-state index in [-0.39, 0.29) is 11.1 Å². The number of anilines is 1. The Hall–Kier alpha value is -3.25. The molecular formula is C26H24BrFN2O2. The van der Waals surface area contributed by atoms with E-state index in [0.717, 1.165) is 15.6 Å². The summed E-state index contributed by atoms with van der Waals surface area (Å²) < 4.78 is 14.1. The van der Waals surface area contributed by atoms with Gasteiger partial charge in [0.15, 0.2) is 0 Å². The summed E-state index contributed by atoms with van der Waals surface area (Å²) in [5.41, 5.74) is 2.74. The minimum Gasteiger partial charge on any atom is -0.321 e. The van der Waals surface area contributed by atoms with Gasteiger partial charge in [-0.2, -0.15) is 0 Å². The van der Waals surface area contributed by atoms with Crippen molar-refractivity contribution >= 4 is 39.5 Å². The van der Waals surface area contributed by atoms with Gasteiger partial charge in [0.05, 0.1) is 0 Å². The Kier molecular flexibility index (Phi) is 7.26. The van der Waals surface area contributed by atoms with Gasteiger partial charge in [0.25, 0.3) is 11.8 Å². The molecule has 0 atom stereocenters. The first kappa shape index (κ1) is 23.4. The number of rotatable bonds is 5. The Labute approximate surface area is 195 Å². The third kappa shape index (κ3) is 6.37. The first-order valence-electron chi connectivity index (χ1n) is 10.1. The lowest BCUT2D eigenvalue weighted by Gasteiger charge is -2.19. The van der Waals surface area contributed by atoms with Crippen LogP contribution in [-0.4, -0.2) is 11.8 Å². The highest BCUT2D eigenvalue weighted by Crippen LogP contribution is 2.22. The topological polar surface area (TPSA) is 58.2 Å². The summed E-state index contributed by atoms with van der Waals surface area (Å²) in [6.45, 7) is 6.29. The Balaban J connectivity index is 1.86. The molecule has 3 rings (SSSR count). The van der Waals surface area contributed by atoms with Crippen LogP contribution >= 0.6 is 15.9 Å². The van der Waals surface area contributed by atoms with Crippen LogP contribution in [0.4, 0.5) is 10.1 Å². The number of nitrogens with one attached hydrogen (secondary N) is 2. The number of carbonyl (C=O) groups excluding carboxylic acids is 2. The van der Waals surface area contributed by atoms with Crippen molar-refractivity contribution in [1.29, 1.82) is 0 Å². The average Bonchev–Trinajstić information content (AvgIpc) is 2.75. The molecule has 3 aromatic carbocycles. The highest BCUT2D eigenvalue weighted by Gasteiger charge is 2.17. The average molecular weight is 495 g/mol. The van der Waals surface area contributed by atoms with E-state index < -0.39 is 17.6 Å². The predicted octanol–water partition coefficient (Wildman–Crippen LogP) is 6.30. The fourth-order valence-corrected chi connectivity index (χ4v) is 3.20. The van der Waals surface area contributed by atoms with E-state index in [0.29, 0.717) is 11.3 Å². The van der Waals surface area contributed by atoms with Gasteiger partial charge in [-0.25, -0.2) is 4.39 Å². The zero-order chi connectivity index (χ0) is 23.3. The third-order valence-corrected chi connectivity index (χ3v) is 5.32. The Morgan fingerprint density at radius 1 is 0.875 bits per heavy atom. The Morgan fingerprint density at radius 3 is 2.03 bits per heavy atom. The van der Waals surface area contributed by atoms with Crippen molar-refractivity contribution in [3.05, 3.63) is 105 Å². The Bertz CT molecular complexity index is 1130. The second-order valence-electron chi connectivity index (χ2n) is 8.35. The molecular weight excluding hydrogens is 471 g/mol. The molecule has 0 saturated carbocycles. The summed E-state index contributed by atoms with van der Waals surface area (Å²) in [7, 11) is 0. The van der Waals surface area contributed by atoms with Gasteiger partial charge in [-0.1, -0.05) is 61.0 Å². The minimum atomic E-state index is -0.515. The van der Waals surface area contributed by atoms with Crippen molar-refractivity contribution in [3.8, 4) is 0 Å². The predicted molar refractivity (Wildman–Crippen MR) is 130 cm³/mol. The zero-order valence-electron chi connectivity index (χ0n) is 18.1. The molecule has 0 radical (unpaired) electrons. The van der Waals surface area contributed by atoms with Crippen LogP contribution in [0.3, 0.4) is 0 Å². The van der Waals surface area contributed by atoms with Crippen LogP contribution in [0.15, 0.2) is 83.0 Å². The minimum absolute atomic E-state index is 0.0311. The molecule has 6 heteroatoms. The molecule has 2 N–H and O–H groups in total. The molecule has 0 fully saturated rings. The van der Waals surface area contributed by atoms with Gasteiger partial charge in [0.2, 0.25) is 0 Å². The number of carbonyl (C=O) groups is 2. The number of amides is 2. The standard InChI is InChI=1S/C26H24BrFN2O2/c1-26(2,3)19-8-6-18(7-9-19)24(31)30-23(16-17-4-10-20(27)11-5-17)25(32)29-22-14-12-21(28)13-15-22/h4-16H,1-3H3,(H,29,32)(H,30,31)/b23-16-. The molecule has 0 aromatic heterocycles. The van der Waals surface area contributed by atoms with Gasteiger partial charge in [0.1, 0.15) is 11.5 Å². The maximum atomic E-state index is 13.2. The van der Waals surface area contributed by atoms with E-state index in [2.05, 4.69) is 47.3 Å². The quantitative estimate of drug-likeness (QED) is 0.409. The van der Waals surface area contributed by atoms with Crippen LogP contribution in [0.5, 0.6) is 0 Å². The molecule has 164 valence electrons. The smallest absolute Gasteiger partial charge is 0.272 e. The van der Waals surface area contributed by atoms with Crippen molar-refractivity contribution < 1.29 is 14.0 Å². The second-order valence-corrected chi connectivity index (χ2v) is 9.27. The third-order valence-electron chi connectivity index (χ3n) is 4.79. The van der Waals surface area contributed by atoms with Crippen LogP contribution < -0.4 is 10.6 Å².